The third kappa shape index (κ3) is 3.06. The summed E-state index contributed by atoms with van der Waals surface area (Å²) in [6.45, 7) is 5.48. The maximum atomic E-state index is 13.6. The number of carboxylic acids is 1. The van der Waals surface area contributed by atoms with Gasteiger partial charge in [-0.15, -0.1) is 0 Å². The number of hydrogen-bond acceptors (Lipinski definition) is 2. The third-order valence-electron chi connectivity index (χ3n) is 2.23. The summed E-state index contributed by atoms with van der Waals surface area (Å²) >= 11 is 0. The molecule has 92 valence electrons. The summed E-state index contributed by atoms with van der Waals surface area (Å²) in [5, 5.41) is 9.05. The highest BCUT2D eigenvalue weighted by molar-refractivity contribution is 6.16. The van der Waals surface area contributed by atoms with Crippen LogP contribution in [0.3, 0.4) is 0 Å². The summed E-state index contributed by atoms with van der Waals surface area (Å²) in [4.78, 5) is 11.1. The number of halogens is 1. The summed E-state index contributed by atoms with van der Waals surface area (Å²) in [5.74, 6) is -1.48. The topological polar surface area (TPSA) is 46.5 Å². The fourth-order valence-corrected chi connectivity index (χ4v) is 1.55. The summed E-state index contributed by atoms with van der Waals surface area (Å²) < 4.78 is 18.6. The number of aliphatic carboxylic acids is 1. The molecule has 4 heteroatoms. The molecule has 3 nitrogen and oxygen atoms in total. The molecule has 0 amide bonds. The minimum absolute atomic E-state index is 0.118. The van der Waals surface area contributed by atoms with Crippen LogP contribution < -0.4 is 4.74 Å². The number of benzene rings is 1. The molecular weight excluding hydrogens is 223 g/mol. The first kappa shape index (κ1) is 13.2. The first-order valence-corrected chi connectivity index (χ1v) is 5.30. The van der Waals surface area contributed by atoms with Crippen LogP contribution in [0.4, 0.5) is 4.39 Å². The molecule has 1 aromatic carbocycles. The van der Waals surface area contributed by atoms with E-state index < -0.39 is 11.8 Å². The van der Waals surface area contributed by atoms with E-state index in [-0.39, 0.29) is 11.3 Å². The second-order valence-corrected chi connectivity index (χ2v) is 3.76. The predicted octanol–water partition coefficient (Wildman–Crippen LogP) is 3.10. The van der Waals surface area contributed by atoms with Gasteiger partial charge in [-0.2, -0.15) is 0 Å². The Morgan fingerprint density at radius 2 is 2.06 bits per heavy atom. The number of rotatable bonds is 4. The summed E-state index contributed by atoms with van der Waals surface area (Å²) in [7, 11) is 0. The van der Waals surface area contributed by atoms with Gasteiger partial charge in [0, 0.05) is 0 Å². The van der Waals surface area contributed by atoms with Gasteiger partial charge in [-0.1, -0.05) is 11.6 Å². The Labute approximate surface area is 99.5 Å². The van der Waals surface area contributed by atoms with Crippen molar-refractivity contribution < 1.29 is 19.0 Å². The number of carboxylic acid groups (broad SMARTS) is 1. The van der Waals surface area contributed by atoms with Crippen LogP contribution in [0.15, 0.2) is 23.8 Å². The van der Waals surface area contributed by atoms with Crippen LogP contribution in [0.25, 0.3) is 5.57 Å². The van der Waals surface area contributed by atoms with Crippen molar-refractivity contribution in [1.82, 2.24) is 0 Å². The Kier molecular flexibility index (Phi) is 4.26. The number of ether oxygens (including phenoxy) is 1. The highest BCUT2D eigenvalue weighted by Crippen LogP contribution is 2.25. The molecule has 0 saturated heterocycles. The van der Waals surface area contributed by atoms with Gasteiger partial charge < -0.3 is 9.84 Å². The summed E-state index contributed by atoms with van der Waals surface area (Å²) in [6, 6.07) is 4.17. The van der Waals surface area contributed by atoms with Gasteiger partial charge in [0.05, 0.1) is 12.2 Å². The molecule has 0 aliphatic rings. The fraction of sp³-hybridized carbons (Fsp3) is 0.308. The van der Waals surface area contributed by atoms with Crippen LogP contribution >= 0.6 is 0 Å². The zero-order valence-corrected chi connectivity index (χ0v) is 10.1. The Morgan fingerprint density at radius 1 is 1.41 bits per heavy atom. The van der Waals surface area contributed by atoms with Crippen LogP contribution in [-0.4, -0.2) is 17.7 Å². The van der Waals surface area contributed by atoms with Crippen molar-refractivity contribution in [2.24, 2.45) is 0 Å². The van der Waals surface area contributed by atoms with Crippen LogP contribution in [0, 0.1) is 5.82 Å². The average Bonchev–Trinajstić information content (AvgIpc) is 2.21. The molecule has 0 atom stereocenters. The highest BCUT2D eigenvalue weighted by Gasteiger charge is 2.14. The van der Waals surface area contributed by atoms with Gasteiger partial charge in [-0.05, 0) is 38.5 Å². The van der Waals surface area contributed by atoms with Gasteiger partial charge in [0.1, 0.15) is 0 Å². The maximum absolute atomic E-state index is 13.6. The van der Waals surface area contributed by atoms with E-state index in [4.69, 9.17) is 9.84 Å². The van der Waals surface area contributed by atoms with Crippen LogP contribution in [0.2, 0.25) is 0 Å². The number of allylic oxidation sites excluding steroid dienone is 1. The van der Waals surface area contributed by atoms with Gasteiger partial charge >= 0.3 is 5.97 Å². The van der Waals surface area contributed by atoms with Crippen molar-refractivity contribution in [2.75, 3.05) is 6.61 Å². The van der Waals surface area contributed by atoms with Gasteiger partial charge in [0.25, 0.3) is 0 Å². The molecule has 0 aromatic heterocycles. The van der Waals surface area contributed by atoms with E-state index in [0.717, 1.165) is 0 Å². The third-order valence-corrected chi connectivity index (χ3v) is 2.23. The zero-order chi connectivity index (χ0) is 13.0. The lowest BCUT2D eigenvalue weighted by molar-refractivity contribution is -0.130. The van der Waals surface area contributed by atoms with Crippen molar-refractivity contribution in [2.45, 2.75) is 20.8 Å². The van der Waals surface area contributed by atoms with Gasteiger partial charge in [-0.25, -0.2) is 9.18 Å². The van der Waals surface area contributed by atoms with Crippen molar-refractivity contribution in [1.29, 1.82) is 0 Å². The fourth-order valence-electron chi connectivity index (χ4n) is 1.55. The molecular formula is C13H15FO3. The molecule has 0 unspecified atom stereocenters. The van der Waals surface area contributed by atoms with E-state index in [9.17, 15) is 9.18 Å². The van der Waals surface area contributed by atoms with Crippen molar-refractivity contribution in [3.63, 3.8) is 0 Å². The molecule has 0 radical (unpaired) electrons. The molecule has 17 heavy (non-hydrogen) atoms. The standard InChI is InChI=1S/C13H15FO3/c1-4-17-11-6-5-9(7-10(11)14)12(8(2)3)13(15)16/h5-7H,4H2,1-3H3,(H,15,16). The van der Waals surface area contributed by atoms with E-state index in [1.54, 1.807) is 26.8 Å². The van der Waals surface area contributed by atoms with Crippen molar-refractivity contribution >= 4 is 11.5 Å². The second kappa shape index (κ2) is 5.48. The Balaban J connectivity index is 3.21. The SMILES string of the molecule is CCOc1ccc(C(C(=O)O)=C(C)C)cc1F. The van der Waals surface area contributed by atoms with Crippen molar-refractivity contribution in [3.8, 4) is 5.75 Å². The highest BCUT2D eigenvalue weighted by atomic mass is 19.1. The summed E-state index contributed by atoms with van der Waals surface area (Å²) in [6.07, 6.45) is 0. The number of carbonyl (C=O) groups is 1. The second-order valence-electron chi connectivity index (χ2n) is 3.76. The van der Waals surface area contributed by atoms with E-state index in [0.29, 0.717) is 17.7 Å². The van der Waals surface area contributed by atoms with Crippen molar-refractivity contribution in [3.05, 3.63) is 35.2 Å². The normalized spacial score (nSPS) is 9.88. The van der Waals surface area contributed by atoms with Crippen LogP contribution in [0.5, 0.6) is 5.75 Å². The lowest BCUT2D eigenvalue weighted by Crippen LogP contribution is -2.03. The number of hydrogen-bond donors (Lipinski definition) is 1. The molecule has 0 heterocycles. The van der Waals surface area contributed by atoms with E-state index in [1.165, 1.54) is 12.1 Å². The maximum Gasteiger partial charge on any atom is 0.336 e. The Morgan fingerprint density at radius 3 is 2.47 bits per heavy atom. The Hall–Kier alpha value is -1.84. The molecule has 1 rings (SSSR count). The molecule has 0 fully saturated rings. The van der Waals surface area contributed by atoms with Crippen LogP contribution in [-0.2, 0) is 4.79 Å². The molecule has 1 aromatic rings. The molecule has 0 aliphatic heterocycles. The van der Waals surface area contributed by atoms with E-state index in [2.05, 4.69) is 0 Å². The largest absolute Gasteiger partial charge is 0.491 e. The molecule has 0 aliphatic carbocycles. The lowest BCUT2D eigenvalue weighted by atomic mass is 10.0. The van der Waals surface area contributed by atoms with Gasteiger partial charge in [0.15, 0.2) is 11.6 Å². The molecule has 0 saturated carbocycles. The van der Waals surface area contributed by atoms with Gasteiger partial charge in [-0.3, -0.25) is 0 Å². The van der Waals surface area contributed by atoms with Crippen LogP contribution in [0.1, 0.15) is 26.3 Å². The smallest absolute Gasteiger partial charge is 0.336 e. The average molecular weight is 238 g/mol. The zero-order valence-electron chi connectivity index (χ0n) is 10.1. The van der Waals surface area contributed by atoms with E-state index >= 15 is 0 Å². The first-order chi connectivity index (χ1) is 7.97. The van der Waals surface area contributed by atoms with E-state index in [1.807, 2.05) is 0 Å². The predicted molar refractivity (Wildman–Crippen MR) is 63.5 cm³/mol. The molecule has 1 N–H and O–H groups in total. The lowest BCUT2D eigenvalue weighted by Gasteiger charge is -2.08. The monoisotopic (exact) mass is 238 g/mol. The molecule has 0 bridgehead atoms. The molecule has 0 spiro atoms. The Bertz CT molecular complexity index is 460. The quantitative estimate of drug-likeness (QED) is 0.820. The minimum Gasteiger partial charge on any atom is -0.491 e. The summed E-state index contributed by atoms with van der Waals surface area (Å²) in [5.41, 5.74) is 1.09. The first-order valence-electron chi connectivity index (χ1n) is 5.30. The van der Waals surface area contributed by atoms with Gasteiger partial charge in [0.2, 0.25) is 0 Å². The minimum atomic E-state index is -1.06.